The highest BCUT2D eigenvalue weighted by molar-refractivity contribution is 5.95. The molecule has 0 bridgehead atoms. The Kier molecular flexibility index (Phi) is 5.75. The molecule has 25 heavy (non-hydrogen) atoms. The monoisotopic (exact) mass is 358 g/mol. The molecule has 0 atom stereocenters. The van der Waals surface area contributed by atoms with Crippen molar-refractivity contribution in [3.8, 4) is 0 Å². The number of hydrogen-bond donors (Lipinski definition) is 2. The molecule has 0 spiro atoms. The number of carbonyl (C=O) groups is 1. The molecule has 0 saturated carbocycles. The Morgan fingerprint density at radius 2 is 1.76 bits per heavy atom. The number of hydrazine groups is 1. The van der Waals surface area contributed by atoms with Crippen LogP contribution in [0.25, 0.3) is 0 Å². The van der Waals surface area contributed by atoms with E-state index in [4.69, 9.17) is 5.84 Å². The summed E-state index contributed by atoms with van der Waals surface area (Å²) in [4.78, 5) is 16.3. The molecule has 1 aliphatic rings. The van der Waals surface area contributed by atoms with Crippen LogP contribution in [0.5, 0.6) is 0 Å². The molecule has 5 nitrogen and oxygen atoms in total. The number of nitrogens with one attached hydrogen (secondary N) is 1. The van der Waals surface area contributed by atoms with Crippen LogP contribution in [0.4, 0.5) is 13.2 Å². The number of hydrogen-bond acceptors (Lipinski definition) is 4. The van der Waals surface area contributed by atoms with Crippen LogP contribution in [0.15, 0.2) is 18.2 Å². The fraction of sp³-hybridized carbons (Fsp3) is 0.588. The molecule has 1 saturated heterocycles. The summed E-state index contributed by atoms with van der Waals surface area (Å²) in [5.74, 6) is 4.09. The number of piperazine rings is 1. The molecule has 0 unspecified atom stereocenters. The van der Waals surface area contributed by atoms with Gasteiger partial charge in [0.05, 0.1) is 11.1 Å². The molecule has 1 aromatic rings. The van der Waals surface area contributed by atoms with Crippen LogP contribution in [0.2, 0.25) is 0 Å². The molecule has 0 aromatic heterocycles. The Morgan fingerprint density at radius 1 is 1.16 bits per heavy atom. The third kappa shape index (κ3) is 4.93. The summed E-state index contributed by atoms with van der Waals surface area (Å²) in [6, 6.07) is 3.65. The number of nitrogens with zero attached hydrogens (tertiary/aromatic N) is 2. The van der Waals surface area contributed by atoms with Gasteiger partial charge in [-0.2, -0.15) is 13.2 Å². The van der Waals surface area contributed by atoms with Gasteiger partial charge in [0, 0.05) is 38.3 Å². The largest absolute Gasteiger partial charge is 0.417 e. The maximum absolute atomic E-state index is 13.1. The first kappa shape index (κ1) is 19.7. The summed E-state index contributed by atoms with van der Waals surface area (Å²) in [7, 11) is 0. The van der Waals surface area contributed by atoms with Gasteiger partial charge in [0.1, 0.15) is 0 Å². The van der Waals surface area contributed by atoms with Gasteiger partial charge in [0.15, 0.2) is 0 Å². The lowest BCUT2D eigenvalue weighted by Crippen LogP contribution is -2.53. The standard InChI is InChI=1S/C17H25F3N4O/c1-16(2,3)24-8-6-23(7-9-24)11-12-4-5-14(17(18,19)20)13(10-12)15(25)22-21/h4-5,10H,6-9,11,21H2,1-3H3,(H,22,25). The van der Waals surface area contributed by atoms with Crippen molar-refractivity contribution in [2.45, 2.75) is 39.0 Å². The van der Waals surface area contributed by atoms with Crippen molar-refractivity contribution < 1.29 is 18.0 Å². The first-order chi connectivity index (χ1) is 11.5. The lowest BCUT2D eigenvalue weighted by Gasteiger charge is -2.42. The fourth-order valence-electron chi connectivity index (χ4n) is 3.04. The highest BCUT2D eigenvalue weighted by Crippen LogP contribution is 2.32. The van der Waals surface area contributed by atoms with Gasteiger partial charge in [0.2, 0.25) is 0 Å². The molecule has 0 aliphatic carbocycles. The van der Waals surface area contributed by atoms with Crippen LogP contribution in [-0.4, -0.2) is 47.4 Å². The molecular weight excluding hydrogens is 333 g/mol. The number of amides is 1. The van der Waals surface area contributed by atoms with Crippen LogP contribution < -0.4 is 11.3 Å². The van der Waals surface area contributed by atoms with E-state index >= 15 is 0 Å². The second-order valence-electron chi connectivity index (χ2n) is 7.29. The summed E-state index contributed by atoms with van der Waals surface area (Å²) in [6.07, 6.45) is -4.60. The van der Waals surface area contributed by atoms with E-state index in [2.05, 4.69) is 30.6 Å². The SMILES string of the molecule is CC(C)(C)N1CCN(Cc2ccc(C(F)(F)F)c(C(=O)NN)c2)CC1. The highest BCUT2D eigenvalue weighted by atomic mass is 19.4. The minimum atomic E-state index is -4.60. The van der Waals surface area contributed by atoms with Crippen molar-refractivity contribution in [1.29, 1.82) is 0 Å². The smallest absolute Gasteiger partial charge is 0.297 e. The summed E-state index contributed by atoms with van der Waals surface area (Å²) in [5, 5.41) is 0. The van der Waals surface area contributed by atoms with Crippen LogP contribution >= 0.6 is 0 Å². The molecule has 2 rings (SSSR count). The summed E-state index contributed by atoms with van der Waals surface area (Å²) >= 11 is 0. The van der Waals surface area contributed by atoms with Crippen molar-refractivity contribution in [2.75, 3.05) is 26.2 Å². The average molecular weight is 358 g/mol. The molecule has 8 heteroatoms. The zero-order valence-electron chi connectivity index (χ0n) is 14.8. The molecule has 3 N–H and O–H groups in total. The van der Waals surface area contributed by atoms with E-state index in [1.165, 1.54) is 12.1 Å². The van der Waals surface area contributed by atoms with E-state index in [9.17, 15) is 18.0 Å². The topological polar surface area (TPSA) is 61.6 Å². The molecule has 1 aliphatic heterocycles. The van der Waals surface area contributed by atoms with Gasteiger partial charge in [-0.15, -0.1) is 0 Å². The quantitative estimate of drug-likeness (QED) is 0.494. The van der Waals surface area contributed by atoms with E-state index in [-0.39, 0.29) is 5.54 Å². The number of benzene rings is 1. The van der Waals surface area contributed by atoms with Crippen molar-refractivity contribution in [3.63, 3.8) is 0 Å². The Labute approximate surface area is 145 Å². The van der Waals surface area contributed by atoms with Gasteiger partial charge in [0.25, 0.3) is 5.91 Å². The molecular formula is C17H25F3N4O. The van der Waals surface area contributed by atoms with Crippen molar-refractivity contribution in [2.24, 2.45) is 5.84 Å². The Hall–Kier alpha value is -1.64. The number of halogens is 3. The molecule has 1 amide bonds. The van der Waals surface area contributed by atoms with Crippen LogP contribution in [-0.2, 0) is 12.7 Å². The molecule has 1 fully saturated rings. The lowest BCUT2D eigenvalue weighted by molar-refractivity contribution is -0.137. The number of rotatable bonds is 3. The van der Waals surface area contributed by atoms with Crippen LogP contribution in [0, 0.1) is 0 Å². The highest BCUT2D eigenvalue weighted by Gasteiger charge is 2.35. The summed E-state index contributed by atoms with van der Waals surface area (Å²) < 4.78 is 39.2. The van der Waals surface area contributed by atoms with Crippen LogP contribution in [0.1, 0.15) is 42.3 Å². The number of nitrogen functional groups attached to an aromatic ring is 1. The zero-order chi connectivity index (χ0) is 18.8. The zero-order valence-corrected chi connectivity index (χ0v) is 14.8. The van der Waals surface area contributed by atoms with Gasteiger partial charge in [-0.25, -0.2) is 5.84 Å². The Balaban J connectivity index is 2.12. The minimum Gasteiger partial charge on any atom is -0.297 e. The normalized spacial score (nSPS) is 17.6. The third-order valence-electron chi connectivity index (χ3n) is 4.49. The van der Waals surface area contributed by atoms with E-state index < -0.39 is 23.2 Å². The number of nitrogens with two attached hydrogens (primary N) is 1. The second-order valence-corrected chi connectivity index (χ2v) is 7.29. The minimum absolute atomic E-state index is 0.104. The van der Waals surface area contributed by atoms with Gasteiger partial charge < -0.3 is 0 Å². The van der Waals surface area contributed by atoms with Crippen molar-refractivity contribution in [3.05, 3.63) is 34.9 Å². The number of alkyl halides is 3. The maximum atomic E-state index is 13.1. The Bertz CT molecular complexity index is 617. The molecule has 1 aromatic carbocycles. The Morgan fingerprint density at radius 3 is 2.24 bits per heavy atom. The molecule has 0 radical (unpaired) electrons. The van der Waals surface area contributed by atoms with E-state index in [0.29, 0.717) is 12.1 Å². The predicted octanol–water partition coefficient (Wildman–Crippen LogP) is 2.23. The number of carbonyl (C=O) groups excluding carboxylic acids is 1. The molecule has 140 valence electrons. The van der Waals surface area contributed by atoms with Crippen molar-refractivity contribution >= 4 is 5.91 Å². The molecule has 1 heterocycles. The van der Waals surface area contributed by atoms with Gasteiger partial charge in [-0.1, -0.05) is 6.07 Å². The summed E-state index contributed by atoms with van der Waals surface area (Å²) in [6.45, 7) is 10.5. The van der Waals surface area contributed by atoms with Gasteiger partial charge in [-0.05, 0) is 38.5 Å². The predicted molar refractivity (Wildman–Crippen MR) is 89.7 cm³/mol. The maximum Gasteiger partial charge on any atom is 0.417 e. The third-order valence-corrected chi connectivity index (χ3v) is 4.49. The van der Waals surface area contributed by atoms with Gasteiger partial charge >= 0.3 is 6.18 Å². The van der Waals surface area contributed by atoms with E-state index in [1.54, 1.807) is 5.43 Å². The summed E-state index contributed by atoms with van der Waals surface area (Å²) in [5.41, 5.74) is 1.14. The lowest BCUT2D eigenvalue weighted by atomic mass is 10.0. The fourth-order valence-corrected chi connectivity index (χ4v) is 3.04. The van der Waals surface area contributed by atoms with Crippen molar-refractivity contribution in [1.82, 2.24) is 15.2 Å². The van der Waals surface area contributed by atoms with Crippen LogP contribution in [0.3, 0.4) is 0 Å². The van der Waals surface area contributed by atoms with E-state index in [1.807, 2.05) is 0 Å². The first-order valence-electron chi connectivity index (χ1n) is 8.21. The second kappa shape index (κ2) is 7.31. The first-order valence-corrected chi connectivity index (χ1v) is 8.21. The van der Waals surface area contributed by atoms with E-state index in [0.717, 1.165) is 32.2 Å². The average Bonchev–Trinajstić information content (AvgIpc) is 2.52. The van der Waals surface area contributed by atoms with Gasteiger partial charge in [-0.3, -0.25) is 20.0 Å².